The Morgan fingerprint density at radius 2 is 1.56 bits per heavy atom. The molecule has 1 unspecified atom stereocenters. The summed E-state index contributed by atoms with van der Waals surface area (Å²) in [6, 6.07) is 0. The van der Waals surface area contributed by atoms with E-state index in [0.717, 1.165) is 23.4 Å². The Morgan fingerprint density at radius 3 is 2.06 bits per heavy atom. The molecule has 0 aromatic rings. The van der Waals surface area contributed by atoms with E-state index in [-0.39, 0.29) is 0 Å². The minimum absolute atomic E-state index is 0.848. The van der Waals surface area contributed by atoms with Crippen LogP contribution in [-0.4, -0.2) is 19.0 Å². The SMILES string of the molecule is C/C(CCCC(C)CCCC(C)C)=C(/Cl)N(C)C. The molecule has 0 aromatic carbocycles. The van der Waals surface area contributed by atoms with E-state index in [0.29, 0.717) is 0 Å². The van der Waals surface area contributed by atoms with Crippen molar-refractivity contribution in [3.8, 4) is 0 Å². The molecule has 108 valence electrons. The zero-order valence-corrected chi connectivity index (χ0v) is 14.0. The summed E-state index contributed by atoms with van der Waals surface area (Å²) in [5.74, 6) is 1.70. The van der Waals surface area contributed by atoms with Gasteiger partial charge in [-0.05, 0) is 37.2 Å². The maximum absolute atomic E-state index is 6.21. The lowest BCUT2D eigenvalue weighted by molar-refractivity contribution is 0.426. The monoisotopic (exact) mass is 273 g/mol. The maximum atomic E-state index is 6.21. The van der Waals surface area contributed by atoms with Crippen LogP contribution in [0, 0.1) is 11.8 Å². The van der Waals surface area contributed by atoms with Crippen molar-refractivity contribution in [2.45, 2.75) is 66.2 Å². The standard InChI is InChI=1S/C16H32ClN/c1-13(2)9-7-10-14(3)11-8-12-15(4)16(17)18(5)6/h13-14H,7-12H2,1-6H3/b16-15+. The van der Waals surface area contributed by atoms with Crippen molar-refractivity contribution >= 4 is 11.6 Å². The first-order valence-electron chi connectivity index (χ1n) is 7.37. The van der Waals surface area contributed by atoms with Gasteiger partial charge in [0.25, 0.3) is 0 Å². The first kappa shape index (κ1) is 17.8. The second-order valence-corrected chi connectivity index (χ2v) is 6.65. The van der Waals surface area contributed by atoms with Crippen LogP contribution >= 0.6 is 11.6 Å². The van der Waals surface area contributed by atoms with E-state index in [2.05, 4.69) is 27.7 Å². The van der Waals surface area contributed by atoms with Crippen LogP contribution in [0.25, 0.3) is 0 Å². The van der Waals surface area contributed by atoms with Gasteiger partial charge in [0.2, 0.25) is 0 Å². The summed E-state index contributed by atoms with van der Waals surface area (Å²) in [5, 5.41) is 0.905. The number of rotatable bonds is 9. The van der Waals surface area contributed by atoms with Crippen LogP contribution in [0.1, 0.15) is 66.2 Å². The third-order valence-electron chi connectivity index (χ3n) is 3.47. The highest BCUT2D eigenvalue weighted by Gasteiger charge is 2.05. The van der Waals surface area contributed by atoms with E-state index in [1.807, 2.05) is 19.0 Å². The summed E-state index contributed by atoms with van der Waals surface area (Å²) >= 11 is 6.21. The molecule has 0 fully saturated rings. The van der Waals surface area contributed by atoms with Gasteiger partial charge in [-0.2, -0.15) is 0 Å². The fourth-order valence-electron chi connectivity index (χ4n) is 2.22. The van der Waals surface area contributed by atoms with E-state index in [1.165, 1.54) is 37.7 Å². The molecule has 0 rings (SSSR count). The number of hydrogen-bond acceptors (Lipinski definition) is 1. The Kier molecular flexibility index (Phi) is 9.63. The molecule has 2 heteroatoms. The number of nitrogens with zero attached hydrogens (tertiary/aromatic N) is 1. The van der Waals surface area contributed by atoms with Crippen LogP contribution in [0.3, 0.4) is 0 Å². The summed E-state index contributed by atoms with van der Waals surface area (Å²) in [5.41, 5.74) is 1.32. The van der Waals surface area contributed by atoms with E-state index >= 15 is 0 Å². The molecule has 0 aliphatic heterocycles. The van der Waals surface area contributed by atoms with Gasteiger partial charge < -0.3 is 4.90 Å². The molecule has 0 bridgehead atoms. The average Bonchev–Trinajstić information content (AvgIpc) is 2.27. The van der Waals surface area contributed by atoms with Gasteiger partial charge in [0, 0.05) is 14.1 Å². The first-order chi connectivity index (χ1) is 8.34. The van der Waals surface area contributed by atoms with Crippen LogP contribution in [0.4, 0.5) is 0 Å². The first-order valence-corrected chi connectivity index (χ1v) is 7.75. The van der Waals surface area contributed by atoms with Gasteiger partial charge >= 0.3 is 0 Å². The summed E-state index contributed by atoms with van der Waals surface area (Å²) in [7, 11) is 4.00. The van der Waals surface area contributed by atoms with Crippen LogP contribution in [0.5, 0.6) is 0 Å². The van der Waals surface area contributed by atoms with Crippen LogP contribution in [-0.2, 0) is 0 Å². The molecule has 1 atom stereocenters. The summed E-state index contributed by atoms with van der Waals surface area (Å²) in [4.78, 5) is 1.99. The van der Waals surface area contributed by atoms with Crippen LogP contribution < -0.4 is 0 Å². The number of allylic oxidation sites excluding steroid dienone is 1. The predicted molar refractivity (Wildman–Crippen MR) is 83.9 cm³/mol. The van der Waals surface area contributed by atoms with Crippen molar-refractivity contribution in [2.75, 3.05) is 14.1 Å². The van der Waals surface area contributed by atoms with Crippen molar-refractivity contribution in [1.29, 1.82) is 0 Å². The molecule has 0 radical (unpaired) electrons. The molecule has 0 N–H and O–H groups in total. The molecule has 0 saturated heterocycles. The topological polar surface area (TPSA) is 3.24 Å². The lowest BCUT2D eigenvalue weighted by Gasteiger charge is -2.15. The van der Waals surface area contributed by atoms with Gasteiger partial charge in [0.1, 0.15) is 5.16 Å². The predicted octanol–water partition coefficient (Wildman–Crippen LogP) is 5.65. The van der Waals surface area contributed by atoms with Crippen LogP contribution in [0.2, 0.25) is 0 Å². The molecule has 18 heavy (non-hydrogen) atoms. The minimum atomic E-state index is 0.848. The fourth-order valence-corrected chi connectivity index (χ4v) is 2.31. The van der Waals surface area contributed by atoms with Crippen molar-refractivity contribution < 1.29 is 0 Å². The van der Waals surface area contributed by atoms with Gasteiger partial charge in [0.15, 0.2) is 0 Å². The van der Waals surface area contributed by atoms with E-state index < -0.39 is 0 Å². The van der Waals surface area contributed by atoms with Gasteiger partial charge in [-0.25, -0.2) is 0 Å². The van der Waals surface area contributed by atoms with E-state index in [1.54, 1.807) is 0 Å². The minimum Gasteiger partial charge on any atom is -0.369 e. The Labute approximate surface area is 120 Å². The van der Waals surface area contributed by atoms with Crippen molar-refractivity contribution in [3.63, 3.8) is 0 Å². The van der Waals surface area contributed by atoms with Crippen molar-refractivity contribution in [2.24, 2.45) is 11.8 Å². The summed E-state index contributed by atoms with van der Waals surface area (Å²) < 4.78 is 0. The third-order valence-corrected chi connectivity index (χ3v) is 4.13. The van der Waals surface area contributed by atoms with Gasteiger partial charge in [-0.15, -0.1) is 0 Å². The normalized spacial score (nSPS) is 14.7. The van der Waals surface area contributed by atoms with Gasteiger partial charge in [-0.1, -0.05) is 58.1 Å². The Balaban J connectivity index is 3.74. The zero-order valence-electron chi connectivity index (χ0n) is 13.2. The number of hydrogen-bond donors (Lipinski definition) is 0. The molecule has 1 nitrogen and oxygen atoms in total. The lowest BCUT2D eigenvalue weighted by Crippen LogP contribution is -2.08. The maximum Gasteiger partial charge on any atom is 0.103 e. The van der Waals surface area contributed by atoms with Crippen molar-refractivity contribution in [3.05, 3.63) is 10.7 Å². The highest BCUT2D eigenvalue weighted by Crippen LogP contribution is 2.21. The summed E-state index contributed by atoms with van der Waals surface area (Å²) in [6.45, 7) is 9.14. The quantitative estimate of drug-likeness (QED) is 0.491. The zero-order chi connectivity index (χ0) is 14.1. The molecule has 0 aromatic heterocycles. The smallest absolute Gasteiger partial charge is 0.103 e. The van der Waals surface area contributed by atoms with Crippen LogP contribution in [0.15, 0.2) is 10.7 Å². The molecule has 0 spiro atoms. The molecule has 0 aliphatic carbocycles. The Hall–Kier alpha value is -0.170. The van der Waals surface area contributed by atoms with Crippen molar-refractivity contribution in [1.82, 2.24) is 4.90 Å². The Morgan fingerprint density at radius 1 is 1.00 bits per heavy atom. The summed E-state index contributed by atoms with van der Waals surface area (Å²) in [6.07, 6.45) is 7.85. The van der Waals surface area contributed by atoms with E-state index in [4.69, 9.17) is 11.6 Å². The molecular formula is C16H32ClN. The highest BCUT2D eigenvalue weighted by atomic mass is 35.5. The van der Waals surface area contributed by atoms with Gasteiger partial charge in [0.05, 0.1) is 0 Å². The lowest BCUT2D eigenvalue weighted by atomic mass is 9.95. The largest absolute Gasteiger partial charge is 0.369 e. The molecule has 0 amide bonds. The molecule has 0 aliphatic rings. The van der Waals surface area contributed by atoms with E-state index in [9.17, 15) is 0 Å². The average molecular weight is 274 g/mol. The second-order valence-electron chi connectivity index (χ2n) is 6.29. The second kappa shape index (κ2) is 9.72. The Bertz CT molecular complexity index is 243. The van der Waals surface area contributed by atoms with Gasteiger partial charge in [-0.3, -0.25) is 0 Å². The number of halogens is 1. The molecule has 0 heterocycles. The molecular weight excluding hydrogens is 242 g/mol. The fraction of sp³-hybridized carbons (Fsp3) is 0.875. The molecule has 0 saturated carbocycles. The third kappa shape index (κ3) is 8.85. The highest BCUT2D eigenvalue weighted by molar-refractivity contribution is 6.29.